The zero-order valence-corrected chi connectivity index (χ0v) is 20.6. The van der Waals surface area contributed by atoms with Crippen molar-refractivity contribution in [2.24, 2.45) is 0 Å². The first-order valence-corrected chi connectivity index (χ1v) is 12.5. The number of benzene rings is 1. The van der Waals surface area contributed by atoms with E-state index in [1.165, 1.54) is 6.08 Å². The molecular weight excluding hydrogens is 479 g/mol. The van der Waals surface area contributed by atoms with Gasteiger partial charge >= 0.3 is 6.09 Å². The fraction of sp³-hybridized carbons (Fsp3) is 0.542. The van der Waals surface area contributed by atoms with Gasteiger partial charge in [-0.3, -0.25) is 9.59 Å². The average Bonchev–Trinajstić information content (AvgIpc) is 2.99. The number of hydrogen-bond acceptors (Lipinski definition) is 5. The van der Waals surface area contributed by atoms with Crippen molar-refractivity contribution >= 4 is 47.2 Å². The van der Waals surface area contributed by atoms with Crippen LogP contribution in [0.15, 0.2) is 24.3 Å². The molecule has 3 heterocycles. The molecule has 0 unspecified atom stereocenters. The van der Waals surface area contributed by atoms with Gasteiger partial charge in [-0.05, 0) is 43.3 Å². The number of rotatable bonds is 6. The van der Waals surface area contributed by atoms with Crippen molar-refractivity contribution in [2.45, 2.75) is 31.3 Å². The summed E-state index contributed by atoms with van der Waals surface area (Å²) in [6.07, 6.45) is 5.57. The number of nitrogens with zero attached hydrogens (tertiary/aromatic N) is 3. The molecule has 0 bridgehead atoms. The fourth-order valence-corrected chi connectivity index (χ4v) is 4.98. The minimum Gasteiger partial charge on any atom is -0.441 e. The van der Waals surface area contributed by atoms with Gasteiger partial charge < -0.3 is 24.8 Å². The van der Waals surface area contributed by atoms with E-state index in [0.717, 1.165) is 31.5 Å². The minimum absolute atomic E-state index is 0.0302. The van der Waals surface area contributed by atoms with Crippen molar-refractivity contribution in [3.05, 3.63) is 39.9 Å². The summed E-state index contributed by atoms with van der Waals surface area (Å²) in [5.74, 6) is -0.115. The van der Waals surface area contributed by atoms with Crippen molar-refractivity contribution in [3.8, 4) is 0 Å². The first-order chi connectivity index (χ1) is 16.3. The van der Waals surface area contributed by atoms with Crippen molar-refractivity contribution < 1.29 is 19.1 Å². The van der Waals surface area contributed by atoms with E-state index in [2.05, 4.69) is 5.32 Å². The Morgan fingerprint density at radius 2 is 1.82 bits per heavy atom. The second kappa shape index (κ2) is 11.0. The molecule has 0 aliphatic carbocycles. The molecule has 3 fully saturated rings. The van der Waals surface area contributed by atoms with E-state index in [0.29, 0.717) is 55.7 Å². The number of halogens is 2. The highest BCUT2D eigenvalue weighted by Crippen LogP contribution is 2.31. The highest BCUT2D eigenvalue weighted by Gasteiger charge is 2.45. The van der Waals surface area contributed by atoms with Crippen LogP contribution in [0, 0.1) is 0 Å². The average molecular weight is 509 g/mol. The van der Waals surface area contributed by atoms with Crippen molar-refractivity contribution in [1.29, 1.82) is 0 Å². The molecule has 3 saturated heterocycles. The molecule has 3 amide bonds. The second-order valence-corrected chi connectivity index (χ2v) is 9.85. The van der Waals surface area contributed by atoms with Crippen LogP contribution in [0.2, 0.25) is 10.0 Å². The van der Waals surface area contributed by atoms with Crippen LogP contribution in [0.5, 0.6) is 0 Å². The molecule has 1 N–H and O–H groups in total. The van der Waals surface area contributed by atoms with Gasteiger partial charge in [0.1, 0.15) is 5.60 Å². The van der Waals surface area contributed by atoms with Gasteiger partial charge in [0.15, 0.2) is 0 Å². The number of amides is 3. The standard InChI is InChI=1S/C24H30Cl2N4O4/c25-19-4-2-18(16-20(19)26)3-5-21(31)29-13-6-22(32)28(14-15-29)11-1-12-30-17-24(34-23(30)33)7-9-27-10-8-24/h2-5,16,27H,1,6-15,17H2/b5-3+. The number of hydrogen-bond donors (Lipinski definition) is 1. The molecule has 10 heteroatoms. The highest BCUT2D eigenvalue weighted by molar-refractivity contribution is 6.42. The van der Waals surface area contributed by atoms with Crippen LogP contribution < -0.4 is 5.32 Å². The maximum atomic E-state index is 12.6. The summed E-state index contributed by atoms with van der Waals surface area (Å²) in [6.45, 7) is 4.79. The van der Waals surface area contributed by atoms with Gasteiger partial charge in [-0.2, -0.15) is 0 Å². The summed E-state index contributed by atoms with van der Waals surface area (Å²) < 4.78 is 5.70. The van der Waals surface area contributed by atoms with E-state index < -0.39 is 0 Å². The van der Waals surface area contributed by atoms with Crippen LogP contribution in [0.4, 0.5) is 4.79 Å². The van der Waals surface area contributed by atoms with E-state index >= 15 is 0 Å². The van der Waals surface area contributed by atoms with Gasteiger partial charge in [0.05, 0.1) is 16.6 Å². The van der Waals surface area contributed by atoms with Crippen LogP contribution >= 0.6 is 23.2 Å². The molecule has 0 saturated carbocycles. The summed E-state index contributed by atoms with van der Waals surface area (Å²) in [5, 5.41) is 4.19. The van der Waals surface area contributed by atoms with Gasteiger partial charge in [0.25, 0.3) is 0 Å². The molecule has 184 valence electrons. The van der Waals surface area contributed by atoms with Gasteiger partial charge in [0, 0.05) is 58.1 Å². The van der Waals surface area contributed by atoms with Crippen LogP contribution in [-0.2, 0) is 14.3 Å². The molecule has 1 aromatic rings. The molecule has 0 atom stereocenters. The van der Waals surface area contributed by atoms with Gasteiger partial charge in [-0.15, -0.1) is 0 Å². The first-order valence-electron chi connectivity index (χ1n) is 11.7. The number of carbonyl (C=O) groups is 3. The number of piperidine rings is 1. The van der Waals surface area contributed by atoms with Crippen LogP contribution in [0.3, 0.4) is 0 Å². The summed E-state index contributed by atoms with van der Waals surface area (Å²) in [4.78, 5) is 42.8. The Kier molecular flexibility index (Phi) is 8.01. The highest BCUT2D eigenvalue weighted by atomic mass is 35.5. The Bertz CT molecular complexity index is 964. The van der Waals surface area contributed by atoms with E-state index in [4.69, 9.17) is 27.9 Å². The number of ether oxygens (including phenoxy) is 1. The van der Waals surface area contributed by atoms with Crippen molar-refractivity contribution in [2.75, 3.05) is 52.4 Å². The SMILES string of the molecule is O=C(/C=C/c1ccc(Cl)c(Cl)c1)N1CCC(=O)N(CCCN2CC3(CCNCC3)OC2=O)CC1. The third-order valence-corrected chi connectivity index (χ3v) is 7.41. The first kappa shape index (κ1) is 24.8. The van der Waals surface area contributed by atoms with Crippen molar-refractivity contribution in [1.82, 2.24) is 20.0 Å². The predicted octanol–water partition coefficient (Wildman–Crippen LogP) is 3.03. The van der Waals surface area contributed by atoms with Crippen LogP contribution in [0.25, 0.3) is 6.08 Å². The Morgan fingerprint density at radius 3 is 2.59 bits per heavy atom. The topological polar surface area (TPSA) is 82.2 Å². The lowest BCUT2D eigenvalue weighted by molar-refractivity contribution is -0.130. The third kappa shape index (κ3) is 6.03. The Morgan fingerprint density at radius 1 is 1.06 bits per heavy atom. The molecule has 4 rings (SSSR count). The lowest BCUT2D eigenvalue weighted by Gasteiger charge is -2.31. The Labute approximate surface area is 209 Å². The molecule has 3 aliphatic rings. The third-order valence-electron chi connectivity index (χ3n) is 6.67. The van der Waals surface area contributed by atoms with E-state index in [-0.39, 0.29) is 29.9 Å². The lowest BCUT2D eigenvalue weighted by Crippen LogP contribution is -2.45. The monoisotopic (exact) mass is 508 g/mol. The second-order valence-electron chi connectivity index (χ2n) is 9.04. The zero-order chi connectivity index (χ0) is 24.1. The van der Waals surface area contributed by atoms with Gasteiger partial charge in [-0.25, -0.2) is 4.79 Å². The molecule has 1 spiro atoms. The summed E-state index contributed by atoms with van der Waals surface area (Å²) in [5.41, 5.74) is 0.425. The predicted molar refractivity (Wildman–Crippen MR) is 131 cm³/mol. The quantitative estimate of drug-likeness (QED) is 0.597. The Hall–Kier alpha value is -2.29. The molecule has 34 heavy (non-hydrogen) atoms. The van der Waals surface area contributed by atoms with Crippen LogP contribution in [0.1, 0.15) is 31.2 Å². The smallest absolute Gasteiger partial charge is 0.410 e. The zero-order valence-electron chi connectivity index (χ0n) is 19.1. The molecule has 0 radical (unpaired) electrons. The molecule has 8 nitrogen and oxygen atoms in total. The minimum atomic E-state index is -0.355. The maximum Gasteiger partial charge on any atom is 0.410 e. The van der Waals surface area contributed by atoms with Crippen molar-refractivity contribution in [3.63, 3.8) is 0 Å². The summed E-state index contributed by atoms with van der Waals surface area (Å²) in [7, 11) is 0. The van der Waals surface area contributed by atoms with Gasteiger partial charge in [0.2, 0.25) is 11.8 Å². The van der Waals surface area contributed by atoms with Gasteiger partial charge in [-0.1, -0.05) is 29.3 Å². The van der Waals surface area contributed by atoms with E-state index in [9.17, 15) is 14.4 Å². The van der Waals surface area contributed by atoms with E-state index in [1.54, 1.807) is 39.0 Å². The maximum absolute atomic E-state index is 12.6. The largest absolute Gasteiger partial charge is 0.441 e. The summed E-state index contributed by atoms with van der Waals surface area (Å²) >= 11 is 12.0. The van der Waals surface area contributed by atoms with E-state index in [1.807, 2.05) is 0 Å². The molecule has 3 aliphatic heterocycles. The summed E-state index contributed by atoms with van der Waals surface area (Å²) in [6, 6.07) is 5.17. The van der Waals surface area contributed by atoms with Crippen LogP contribution in [-0.4, -0.2) is 90.6 Å². The number of carbonyl (C=O) groups excluding carboxylic acids is 3. The number of nitrogens with one attached hydrogen (secondary N) is 1. The molecule has 0 aromatic heterocycles. The lowest BCUT2D eigenvalue weighted by atomic mass is 9.92. The molecular formula is C24H30Cl2N4O4. The normalized spacial score (nSPS) is 20.8. The fourth-order valence-electron chi connectivity index (χ4n) is 4.67. The Balaban J connectivity index is 1.24. The molecule has 1 aromatic carbocycles.